The van der Waals surface area contributed by atoms with Crippen LogP contribution in [-0.2, 0) is 4.74 Å². The van der Waals surface area contributed by atoms with Gasteiger partial charge in [0.25, 0.3) is 5.88 Å². The van der Waals surface area contributed by atoms with E-state index in [0.29, 0.717) is 25.2 Å². The highest BCUT2D eigenvalue weighted by atomic mass is 32.1. The molecule has 1 aromatic heterocycles. The van der Waals surface area contributed by atoms with Gasteiger partial charge in [0.05, 0.1) is 24.4 Å². The highest BCUT2D eigenvalue weighted by Crippen LogP contribution is 2.27. The first-order chi connectivity index (χ1) is 9.83. The molecule has 1 fully saturated rings. The Labute approximate surface area is 123 Å². The lowest BCUT2D eigenvalue weighted by Gasteiger charge is -2.25. The number of aromatic nitrogens is 2. The summed E-state index contributed by atoms with van der Waals surface area (Å²) >= 11 is 1.22. The third kappa shape index (κ3) is 3.37. The molecule has 3 rings (SSSR count). The normalized spacial score (nSPS) is 20.6. The van der Waals surface area contributed by atoms with Gasteiger partial charge in [-0.05, 0) is 38.3 Å². The molecule has 0 spiro atoms. The van der Waals surface area contributed by atoms with Crippen molar-refractivity contribution in [2.45, 2.75) is 31.8 Å². The fourth-order valence-electron chi connectivity index (χ4n) is 2.43. The highest BCUT2D eigenvalue weighted by Gasteiger charge is 2.19. The predicted molar refractivity (Wildman–Crippen MR) is 79.1 cm³/mol. The zero-order chi connectivity index (χ0) is 13.8. The van der Waals surface area contributed by atoms with E-state index in [-0.39, 0.29) is 0 Å². The number of likely N-dealkylation sites (N-methyl/N-ethyl adjacent to an activating group) is 1. The number of nitrogens with zero attached hydrogens (tertiary/aromatic N) is 3. The first-order valence-corrected chi connectivity index (χ1v) is 8.01. The molecule has 1 aliphatic carbocycles. The number of hydrogen-bond acceptors (Lipinski definition) is 6. The monoisotopic (exact) mass is 295 g/mol. The molecule has 6 heteroatoms. The minimum absolute atomic E-state index is 0.460. The molecule has 1 aliphatic heterocycles. The lowest BCUT2D eigenvalue weighted by atomic mass is 9.96. The van der Waals surface area contributed by atoms with Crippen LogP contribution in [0.1, 0.15) is 31.4 Å². The standard InChI is InChI=1S/C14H21N3O2S/c1-17-7-3-4-11(10-17)13-14(16-20-15-13)19-9-8-18-12-5-2-6-12/h4,12H,2-3,5-10H2,1H3. The molecule has 1 aromatic rings. The van der Waals surface area contributed by atoms with Crippen molar-refractivity contribution in [2.24, 2.45) is 0 Å². The minimum Gasteiger partial charge on any atom is -0.473 e. The van der Waals surface area contributed by atoms with Gasteiger partial charge in [0.15, 0.2) is 0 Å². The predicted octanol–water partition coefficient (Wildman–Crippen LogP) is 2.20. The Morgan fingerprint density at radius 3 is 3.00 bits per heavy atom. The van der Waals surface area contributed by atoms with Crippen LogP contribution in [-0.4, -0.2) is 53.1 Å². The highest BCUT2D eigenvalue weighted by molar-refractivity contribution is 6.99. The Morgan fingerprint density at radius 2 is 2.25 bits per heavy atom. The summed E-state index contributed by atoms with van der Waals surface area (Å²) in [5.74, 6) is 0.661. The second-order valence-corrected chi connectivity index (χ2v) is 5.97. The third-order valence-electron chi connectivity index (χ3n) is 3.83. The fourth-order valence-corrected chi connectivity index (χ4v) is 2.96. The fraction of sp³-hybridized carbons (Fsp3) is 0.714. The van der Waals surface area contributed by atoms with Crippen LogP contribution in [0.5, 0.6) is 5.88 Å². The van der Waals surface area contributed by atoms with Gasteiger partial charge in [-0.25, -0.2) is 0 Å². The van der Waals surface area contributed by atoms with Gasteiger partial charge in [0.2, 0.25) is 0 Å². The average molecular weight is 295 g/mol. The van der Waals surface area contributed by atoms with Gasteiger partial charge in [-0.2, -0.15) is 4.37 Å². The third-order valence-corrected chi connectivity index (χ3v) is 4.34. The molecule has 0 N–H and O–H groups in total. The summed E-state index contributed by atoms with van der Waals surface area (Å²) in [6.45, 7) is 3.21. The Kier molecular flexibility index (Phi) is 4.65. The van der Waals surface area contributed by atoms with E-state index in [0.717, 1.165) is 25.2 Å². The lowest BCUT2D eigenvalue weighted by Crippen LogP contribution is -2.25. The second kappa shape index (κ2) is 6.65. The summed E-state index contributed by atoms with van der Waals surface area (Å²) in [6.07, 6.45) is 7.46. The van der Waals surface area contributed by atoms with E-state index in [4.69, 9.17) is 9.47 Å². The molecular weight excluding hydrogens is 274 g/mol. The molecule has 1 saturated carbocycles. The molecule has 0 unspecified atom stereocenters. The van der Waals surface area contributed by atoms with E-state index >= 15 is 0 Å². The summed E-state index contributed by atoms with van der Waals surface area (Å²) in [5.41, 5.74) is 2.13. The van der Waals surface area contributed by atoms with E-state index in [1.807, 2.05) is 0 Å². The summed E-state index contributed by atoms with van der Waals surface area (Å²) in [4.78, 5) is 2.29. The van der Waals surface area contributed by atoms with Crippen molar-refractivity contribution in [1.82, 2.24) is 13.6 Å². The molecule has 20 heavy (non-hydrogen) atoms. The van der Waals surface area contributed by atoms with Crippen LogP contribution < -0.4 is 4.74 Å². The Hall–Kier alpha value is -0.980. The molecule has 2 aliphatic rings. The smallest absolute Gasteiger partial charge is 0.253 e. The lowest BCUT2D eigenvalue weighted by molar-refractivity contribution is -0.0108. The van der Waals surface area contributed by atoms with Gasteiger partial charge < -0.3 is 14.4 Å². The van der Waals surface area contributed by atoms with E-state index in [1.165, 1.54) is 36.6 Å². The molecule has 0 atom stereocenters. The van der Waals surface area contributed by atoms with Gasteiger partial charge in [-0.15, -0.1) is 4.37 Å². The van der Waals surface area contributed by atoms with Gasteiger partial charge in [0, 0.05) is 13.1 Å². The summed E-state index contributed by atoms with van der Waals surface area (Å²) in [7, 11) is 2.12. The molecular formula is C14H21N3O2S. The van der Waals surface area contributed by atoms with Crippen LogP contribution in [0.2, 0.25) is 0 Å². The van der Waals surface area contributed by atoms with Crippen molar-refractivity contribution in [3.8, 4) is 5.88 Å². The average Bonchev–Trinajstić information content (AvgIpc) is 2.85. The maximum absolute atomic E-state index is 5.74. The topological polar surface area (TPSA) is 47.5 Å². The van der Waals surface area contributed by atoms with Gasteiger partial charge >= 0.3 is 0 Å². The molecule has 110 valence electrons. The SMILES string of the molecule is CN1CCC=C(c2nsnc2OCCOC2CCC2)C1. The molecule has 0 amide bonds. The number of ether oxygens (including phenoxy) is 2. The van der Waals surface area contributed by atoms with Crippen molar-refractivity contribution in [1.29, 1.82) is 0 Å². The summed E-state index contributed by atoms with van der Waals surface area (Å²) < 4.78 is 20.1. The Bertz CT molecular complexity index is 471. The van der Waals surface area contributed by atoms with Crippen LogP contribution >= 0.6 is 11.7 Å². The van der Waals surface area contributed by atoms with Crippen LogP contribution in [0.4, 0.5) is 0 Å². The molecule has 0 saturated heterocycles. The maximum atomic E-state index is 5.74. The molecule has 0 aromatic carbocycles. The Morgan fingerprint density at radius 1 is 1.35 bits per heavy atom. The van der Waals surface area contributed by atoms with Crippen molar-refractivity contribution in [3.63, 3.8) is 0 Å². The zero-order valence-corrected chi connectivity index (χ0v) is 12.7. The van der Waals surface area contributed by atoms with Gasteiger partial charge in [-0.3, -0.25) is 0 Å². The largest absolute Gasteiger partial charge is 0.473 e. The van der Waals surface area contributed by atoms with Crippen LogP contribution in [0.15, 0.2) is 6.08 Å². The maximum Gasteiger partial charge on any atom is 0.253 e. The van der Waals surface area contributed by atoms with Crippen LogP contribution in [0.25, 0.3) is 5.57 Å². The van der Waals surface area contributed by atoms with E-state index in [1.54, 1.807) is 0 Å². The van der Waals surface area contributed by atoms with Crippen LogP contribution in [0.3, 0.4) is 0 Å². The molecule has 0 radical (unpaired) electrons. The van der Waals surface area contributed by atoms with Crippen molar-refractivity contribution in [2.75, 3.05) is 33.4 Å². The van der Waals surface area contributed by atoms with Crippen molar-refractivity contribution >= 4 is 17.3 Å². The van der Waals surface area contributed by atoms with Gasteiger partial charge in [0.1, 0.15) is 12.3 Å². The van der Waals surface area contributed by atoms with E-state index in [2.05, 4.69) is 26.8 Å². The molecule has 5 nitrogen and oxygen atoms in total. The minimum atomic E-state index is 0.460. The molecule has 0 bridgehead atoms. The number of rotatable bonds is 6. The van der Waals surface area contributed by atoms with Crippen molar-refractivity contribution < 1.29 is 9.47 Å². The van der Waals surface area contributed by atoms with E-state index in [9.17, 15) is 0 Å². The van der Waals surface area contributed by atoms with E-state index < -0.39 is 0 Å². The molecule has 2 heterocycles. The first-order valence-electron chi connectivity index (χ1n) is 7.28. The first kappa shape index (κ1) is 14.0. The van der Waals surface area contributed by atoms with Crippen LogP contribution in [0, 0.1) is 0 Å². The second-order valence-electron chi connectivity index (χ2n) is 5.45. The number of hydrogen-bond donors (Lipinski definition) is 0. The van der Waals surface area contributed by atoms with Gasteiger partial charge in [-0.1, -0.05) is 6.08 Å². The summed E-state index contributed by atoms with van der Waals surface area (Å²) in [5, 5.41) is 0. The quantitative estimate of drug-likeness (QED) is 0.753. The zero-order valence-electron chi connectivity index (χ0n) is 11.9. The van der Waals surface area contributed by atoms with Crippen molar-refractivity contribution in [3.05, 3.63) is 11.8 Å². The Balaban J connectivity index is 1.52. The summed E-state index contributed by atoms with van der Waals surface area (Å²) in [6, 6.07) is 0.